The fourth-order valence-corrected chi connectivity index (χ4v) is 1.43. The fraction of sp³-hybridized carbons (Fsp3) is 1.00. The van der Waals surface area contributed by atoms with E-state index in [1.54, 1.807) is 0 Å². The van der Waals surface area contributed by atoms with Crippen LogP contribution in [0.3, 0.4) is 0 Å². The van der Waals surface area contributed by atoms with Crippen molar-refractivity contribution in [1.29, 1.82) is 0 Å². The van der Waals surface area contributed by atoms with E-state index in [-0.39, 0.29) is 0 Å². The Morgan fingerprint density at radius 1 is 1.14 bits per heavy atom. The molecule has 14 heavy (non-hydrogen) atoms. The van der Waals surface area contributed by atoms with Gasteiger partial charge in [-0.25, -0.2) is 0 Å². The van der Waals surface area contributed by atoms with Crippen LogP contribution in [0.4, 0.5) is 0 Å². The number of rotatable bonds is 10. The highest BCUT2D eigenvalue weighted by Gasteiger charge is 2.04. The molecule has 0 aromatic carbocycles. The summed E-state index contributed by atoms with van der Waals surface area (Å²) < 4.78 is 0. The van der Waals surface area contributed by atoms with Crippen molar-refractivity contribution >= 4 is 0 Å². The number of hydrogen-bond acceptors (Lipinski definition) is 4. The molecule has 4 nitrogen and oxygen atoms in total. The van der Waals surface area contributed by atoms with Gasteiger partial charge >= 0.3 is 0 Å². The molecule has 0 aliphatic carbocycles. The molecule has 1 atom stereocenters. The maximum absolute atomic E-state index is 5.48. The first-order valence-corrected chi connectivity index (χ1v) is 5.69. The minimum absolute atomic E-state index is 0.557. The zero-order chi connectivity index (χ0) is 10.6. The average Bonchev–Trinajstić information content (AvgIpc) is 2.20. The molecule has 0 aromatic rings. The van der Waals surface area contributed by atoms with E-state index in [2.05, 4.69) is 17.6 Å². The summed E-state index contributed by atoms with van der Waals surface area (Å²) in [5.74, 6) is 0. The Morgan fingerprint density at radius 2 is 1.86 bits per heavy atom. The predicted molar refractivity (Wildman–Crippen MR) is 62.3 cm³/mol. The largest absolute Gasteiger partial charge is 0.330 e. The van der Waals surface area contributed by atoms with Gasteiger partial charge in [0.15, 0.2) is 0 Å². The number of likely N-dealkylation sites (N-methyl/N-ethyl adjacent to an activating group) is 1. The first-order chi connectivity index (χ1) is 6.85. The highest BCUT2D eigenvalue weighted by Crippen LogP contribution is 1.94. The van der Waals surface area contributed by atoms with Crippen molar-refractivity contribution in [3.05, 3.63) is 0 Å². The van der Waals surface area contributed by atoms with Crippen LogP contribution in [-0.4, -0.2) is 38.8 Å². The lowest BCUT2D eigenvalue weighted by atomic mass is 10.1. The van der Waals surface area contributed by atoms with Gasteiger partial charge in [0.25, 0.3) is 0 Å². The van der Waals surface area contributed by atoms with Gasteiger partial charge in [0.05, 0.1) is 0 Å². The quantitative estimate of drug-likeness (QED) is 0.365. The Balaban J connectivity index is 3.40. The Hall–Kier alpha value is -0.160. The molecule has 0 aliphatic heterocycles. The van der Waals surface area contributed by atoms with Gasteiger partial charge < -0.3 is 22.1 Å². The zero-order valence-corrected chi connectivity index (χ0v) is 9.39. The molecule has 0 aromatic heterocycles. The van der Waals surface area contributed by atoms with Gasteiger partial charge in [0.1, 0.15) is 0 Å². The molecule has 4 heteroatoms. The van der Waals surface area contributed by atoms with E-state index < -0.39 is 0 Å². The van der Waals surface area contributed by atoms with Gasteiger partial charge in [-0.15, -0.1) is 0 Å². The molecule has 0 radical (unpaired) electrons. The van der Waals surface area contributed by atoms with E-state index >= 15 is 0 Å². The summed E-state index contributed by atoms with van der Waals surface area (Å²) in [5.41, 5.74) is 10.9. The van der Waals surface area contributed by atoms with Crippen LogP contribution in [0, 0.1) is 0 Å². The Labute approximate surface area is 87.8 Å². The summed E-state index contributed by atoms with van der Waals surface area (Å²) in [5, 5.41) is 6.84. The number of nitrogens with two attached hydrogens (primary N) is 2. The van der Waals surface area contributed by atoms with Gasteiger partial charge in [-0.05, 0) is 45.4 Å². The van der Waals surface area contributed by atoms with Crippen molar-refractivity contribution in [3.63, 3.8) is 0 Å². The average molecular weight is 202 g/mol. The van der Waals surface area contributed by atoms with Gasteiger partial charge in [-0.2, -0.15) is 0 Å². The third kappa shape index (κ3) is 8.44. The van der Waals surface area contributed by atoms with Crippen LogP contribution in [-0.2, 0) is 0 Å². The van der Waals surface area contributed by atoms with Crippen LogP contribution in [0.25, 0.3) is 0 Å². The minimum Gasteiger partial charge on any atom is -0.330 e. The van der Waals surface area contributed by atoms with E-state index in [4.69, 9.17) is 11.5 Å². The van der Waals surface area contributed by atoms with E-state index in [0.29, 0.717) is 6.04 Å². The van der Waals surface area contributed by atoms with Crippen LogP contribution < -0.4 is 22.1 Å². The maximum Gasteiger partial charge on any atom is 0.0192 e. The molecular weight excluding hydrogens is 176 g/mol. The van der Waals surface area contributed by atoms with Crippen LogP contribution in [0.5, 0.6) is 0 Å². The molecule has 0 saturated heterocycles. The summed E-state index contributed by atoms with van der Waals surface area (Å²) >= 11 is 0. The molecule has 86 valence electrons. The standard InChI is InChI=1S/C10H26N4/c1-2-14-10(5-3-6-11)9-13-8-4-7-12/h10,13-14H,2-9,11-12H2,1H3/t10-/m0/s1. The summed E-state index contributed by atoms with van der Waals surface area (Å²) in [6, 6.07) is 0.557. The molecule has 0 fully saturated rings. The zero-order valence-electron chi connectivity index (χ0n) is 9.39. The second-order valence-electron chi connectivity index (χ2n) is 3.53. The first-order valence-electron chi connectivity index (χ1n) is 5.69. The molecule has 0 heterocycles. The molecule has 6 N–H and O–H groups in total. The van der Waals surface area contributed by atoms with Gasteiger partial charge in [0, 0.05) is 12.6 Å². The second kappa shape index (κ2) is 10.9. The smallest absolute Gasteiger partial charge is 0.0192 e. The fourth-order valence-electron chi connectivity index (χ4n) is 1.43. The molecule has 0 unspecified atom stereocenters. The first kappa shape index (κ1) is 13.8. The maximum atomic E-state index is 5.48. The highest BCUT2D eigenvalue weighted by atomic mass is 15.0. The number of hydrogen-bond donors (Lipinski definition) is 4. The summed E-state index contributed by atoms with van der Waals surface area (Å²) in [6.07, 6.45) is 3.30. The lowest BCUT2D eigenvalue weighted by Crippen LogP contribution is -2.39. The Kier molecular flexibility index (Phi) is 10.8. The van der Waals surface area contributed by atoms with Gasteiger partial charge in [-0.1, -0.05) is 6.92 Å². The molecule has 0 rings (SSSR count). The minimum atomic E-state index is 0.557. The second-order valence-corrected chi connectivity index (χ2v) is 3.53. The third-order valence-electron chi connectivity index (χ3n) is 2.20. The summed E-state index contributed by atoms with van der Waals surface area (Å²) in [6.45, 7) is 6.74. The van der Waals surface area contributed by atoms with Gasteiger partial charge in [0.2, 0.25) is 0 Å². The SMILES string of the molecule is CCN[C@@H](CCCN)CNCCCN. The molecule has 0 aliphatic rings. The highest BCUT2D eigenvalue weighted by molar-refractivity contribution is 4.69. The third-order valence-corrected chi connectivity index (χ3v) is 2.20. The lowest BCUT2D eigenvalue weighted by molar-refractivity contribution is 0.448. The van der Waals surface area contributed by atoms with Crippen molar-refractivity contribution in [2.24, 2.45) is 11.5 Å². The molecular formula is C10H26N4. The van der Waals surface area contributed by atoms with Crippen LogP contribution in [0.15, 0.2) is 0 Å². The lowest BCUT2D eigenvalue weighted by Gasteiger charge is -2.18. The monoisotopic (exact) mass is 202 g/mol. The van der Waals surface area contributed by atoms with Crippen molar-refractivity contribution in [2.75, 3.05) is 32.7 Å². The van der Waals surface area contributed by atoms with Crippen LogP contribution >= 0.6 is 0 Å². The van der Waals surface area contributed by atoms with E-state index in [9.17, 15) is 0 Å². The van der Waals surface area contributed by atoms with E-state index in [0.717, 1.165) is 52.0 Å². The predicted octanol–water partition coefficient (Wildman–Crippen LogP) is -0.358. The Bertz CT molecular complexity index is 108. The van der Waals surface area contributed by atoms with E-state index in [1.165, 1.54) is 0 Å². The Morgan fingerprint density at radius 3 is 2.43 bits per heavy atom. The van der Waals surface area contributed by atoms with Crippen molar-refractivity contribution in [3.8, 4) is 0 Å². The van der Waals surface area contributed by atoms with Crippen molar-refractivity contribution < 1.29 is 0 Å². The summed E-state index contributed by atoms with van der Waals surface area (Å²) in [4.78, 5) is 0. The molecule has 0 amide bonds. The topological polar surface area (TPSA) is 76.1 Å². The number of nitrogens with one attached hydrogen (secondary N) is 2. The van der Waals surface area contributed by atoms with Crippen LogP contribution in [0.2, 0.25) is 0 Å². The van der Waals surface area contributed by atoms with Crippen LogP contribution in [0.1, 0.15) is 26.2 Å². The van der Waals surface area contributed by atoms with E-state index in [1.807, 2.05) is 0 Å². The summed E-state index contributed by atoms with van der Waals surface area (Å²) in [7, 11) is 0. The van der Waals surface area contributed by atoms with Crippen molar-refractivity contribution in [2.45, 2.75) is 32.2 Å². The normalized spacial score (nSPS) is 13.1. The molecule has 0 spiro atoms. The van der Waals surface area contributed by atoms with Crippen molar-refractivity contribution in [1.82, 2.24) is 10.6 Å². The van der Waals surface area contributed by atoms with Gasteiger partial charge in [-0.3, -0.25) is 0 Å². The molecule has 0 bridgehead atoms. The molecule has 0 saturated carbocycles.